The zero-order valence-electron chi connectivity index (χ0n) is 30.0. The Hall–Kier alpha value is -7.82. The monoisotopic (exact) mass is 768 g/mol. The van der Waals surface area contributed by atoms with Crippen molar-refractivity contribution in [1.29, 1.82) is 0 Å². The number of nitrogens with one attached hydrogen (secondary N) is 1. The summed E-state index contributed by atoms with van der Waals surface area (Å²) in [6, 6.07) is 21.1. The highest BCUT2D eigenvalue weighted by molar-refractivity contribution is 5.98. The molecule has 2 aliphatic heterocycles. The van der Waals surface area contributed by atoms with Crippen molar-refractivity contribution in [2.75, 3.05) is 23.4 Å². The van der Waals surface area contributed by atoms with Crippen molar-refractivity contribution in [2.45, 2.75) is 31.0 Å². The number of amides is 1. The van der Waals surface area contributed by atoms with Gasteiger partial charge in [-0.15, -0.1) is 0 Å². The van der Waals surface area contributed by atoms with E-state index in [1.807, 2.05) is 11.9 Å². The van der Waals surface area contributed by atoms with Crippen LogP contribution in [-0.4, -0.2) is 67.1 Å². The first-order valence-corrected chi connectivity index (χ1v) is 17.5. The summed E-state index contributed by atoms with van der Waals surface area (Å²) >= 11 is 0. The van der Waals surface area contributed by atoms with E-state index in [1.54, 1.807) is 66.9 Å². The van der Waals surface area contributed by atoms with Gasteiger partial charge in [-0.3, -0.25) is 9.59 Å². The number of carbonyl (C=O) groups excluding carboxylic acids is 3. The molecule has 17 nitrogen and oxygen atoms in total. The summed E-state index contributed by atoms with van der Waals surface area (Å²) in [5, 5.41) is 22.3. The molecule has 0 radical (unpaired) electrons. The third-order valence-corrected chi connectivity index (χ3v) is 9.59. The lowest BCUT2D eigenvalue weighted by Gasteiger charge is -2.36. The Morgan fingerprint density at radius 2 is 1.67 bits per heavy atom. The lowest BCUT2D eigenvalue weighted by Crippen LogP contribution is -2.43. The van der Waals surface area contributed by atoms with E-state index in [2.05, 4.69) is 25.3 Å². The quantitative estimate of drug-likeness (QED) is 0.0972. The SMILES string of the molecule is CN(Cc1cnc2nc(N)nc(N)c2n1)c1ccc(C(=O)N[C@@H](CCC(=O)O)C(=O)Oc2ccc3c(c2)Oc2cc(O)ccc2C32OC(=O)c3ccccc32)cc1. The number of phenols is 1. The van der Waals surface area contributed by atoms with E-state index in [-0.39, 0.29) is 52.4 Å². The van der Waals surface area contributed by atoms with Crippen molar-refractivity contribution in [3.05, 3.63) is 125 Å². The van der Waals surface area contributed by atoms with Gasteiger partial charge >= 0.3 is 17.9 Å². The zero-order chi connectivity index (χ0) is 40.0. The number of fused-ring (bicyclic) bond motifs is 7. The van der Waals surface area contributed by atoms with Gasteiger partial charge in [0.2, 0.25) is 5.95 Å². The number of aromatic nitrogens is 4. The van der Waals surface area contributed by atoms with Gasteiger partial charge in [0.25, 0.3) is 5.91 Å². The Labute approximate surface area is 322 Å². The number of phenolic OH excluding ortho intramolecular Hbond substituents is 1. The molecule has 0 fully saturated rings. The Balaban J connectivity index is 0.994. The molecule has 4 aromatic carbocycles. The van der Waals surface area contributed by atoms with Gasteiger partial charge in [0, 0.05) is 53.5 Å². The standard InChI is InChI=1S/C40H32N8O9/c1-48(19-21-18-43-35-33(44-21)34(41)46-39(42)47-35)22-8-6-20(7-9-22)36(52)45-29(14-15-32(50)51)38(54)55-24-11-13-28-31(17-24)56-30-16-23(49)10-12-27(30)40(28)26-5-3-2-4-25(26)37(53)57-40/h2-13,16-18,29,49H,14-15,19H2,1H3,(H,45,52)(H,50,51)(H4,41,42,43,46,47)/t29-,40?/m0/s1. The number of ether oxygens (including phenoxy) is 3. The molecule has 2 atom stereocenters. The molecule has 7 N–H and O–H groups in total. The molecule has 0 saturated carbocycles. The van der Waals surface area contributed by atoms with Crippen molar-refractivity contribution in [2.24, 2.45) is 0 Å². The molecule has 57 heavy (non-hydrogen) atoms. The fourth-order valence-electron chi connectivity index (χ4n) is 6.91. The van der Waals surface area contributed by atoms with Gasteiger partial charge in [-0.05, 0) is 61.0 Å². The summed E-state index contributed by atoms with van der Waals surface area (Å²) in [5.74, 6) is -2.87. The Morgan fingerprint density at radius 3 is 2.44 bits per heavy atom. The normalized spacial score (nSPS) is 15.4. The molecule has 17 heteroatoms. The zero-order valence-corrected chi connectivity index (χ0v) is 30.0. The van der Waals surface area contributed by atoms with Gasteiger partial charge in [0.1, 0.15) is 29.0 Å². The van der Waals surface area contributed by atoms with Crippen LogP contribution < -0.4 is 31.2 Å². The van der Waals surface area contributed by atoms with Crippen LogP contribution in [0.15, 0.2) is 91.1 Å². The van der Waals surface area contributed by atoms with E-state index in [9.17, 15) is 29.4 Å². The Kier molecular flexibility index (Phi) is 8.95. The second kappa shape index (κ2) is 14.1. The molecule has 8 rings (SSSR count). The molecular weight excluding hydrogens is 736 g/mol. The van der Waals surface area contributed by atoms with E-state index in [4.69, 9.17) is 25.7 Å². The van der Waals surface area contributed by atoms with Crippen LogP contribution in [0, 0.1) is 0 Å². The minimum absolute atomic E-state index is 0.00638. The number of nitrogens with two attached hydrogens (primary N) is 2. The van der Waals surface area contributed by atoms with Crippen LogP contribution >= 0.6 is 0 Å². The van der Waals surface area contributed by atoms with Crippen LogP contribution in [0.1, 0.15) is 55.9 Å². The van der Waals surface area contributed by atoms with Crippen LogP contribution in [0.2, 0.25) is 0 Å². The second-order valence-electron chi connectivity index (χ2n) is 13.3. The topological polar surface area (TPSA) is 255 Å². The van der Waals surface area contributed by atoms with Gasteiger partial charge in [-0.1, -0.05) is 18.2 Å². The van der Waals surface area contributed by atoms with Crippen molar-refractivity contribution in [1.82, 2.24) is 25.3 Å². The van der Waals surface area contributed by atoms with Gasteiger partial charge < -0.3 is 46.1 Å². The van der Waals surface area contributed by atoms with E-state index < -0.39 is 41.9 Å². The molecule has 286 valence electrons. The minimum atomic E-state index is -1.42. The fraction of sp³-hybridized carbons (Fsp3) is 0.150. The predicted molar refractivity (Wildman–Crippen MR) is 203 cm³/mol. The van der Waals surface area contributed by atoms with Crippen molar-refractivity contribution in [3.63, 3.8) is 0 Å². The molecule has 0 saturated heterocycles. The predicted octanol–water partition coefficient (Wildman–Crippen LogP) is 4.06. The van der Waals surface area contributed by atoms with E-state index in [0.717, 1.165) is 5.69 Å². The van der Waals surface area contributed by atoms with Crippen LogP contribution in [-0.2, 0) is 26.5 Å². The van der Waals surface area contributed by atoms with E-state index >= 15 is 0 Å². The average molecular weight is 769 g/mol. The smallest absolute Gasteiger partial charge is 0.340 e. The molecule has 2 aliphatic rings. The number of carbonyl (C=O) groups is 4. The van der Waals surface area contributed by atoms with Gasteiger partial charge in [0.05, 0.1) is 24.0 Å². The molecule has 0 bridgehead atoms. The molecule has 2 aromatic heterocycles. The number of carboxylic acids is 1. The number of hydrogen-bond donors (Lipinski definition) is 5. The van der Waals surface area contributed by atoms with Gasteiger partial charge in [-0.25, -0.2) is 19.6 Å². The summed E-state index contributed by atoms with van der Waals surface area (Å²) in [7, 11) is 1.81. The number of anilines is 3. The number of aromatic hydroxyl groups is 1. The lowest BCUT2D eigenvalue weighted by atomic mass is 9.77. The maximum Gasteiger partial charge on any atom is 0.340 e. The third kappa shape index (κ3) is 6.66. The van der Waals surface area contributed by atoms with Crippen LogP contribution in [0.25, 0.3) is 11.2 Å². The third-order valence-electron chi connectivity index (χ3n) is 9.59. The summed E-state index contributed by atoms with van der Waals surface area (Å²) in [5.41, 5.74) is 14.1. The molecule has 6 aromatic rings. The van der Waals surface area contributed by atoms with Crippen LogP contribution in [0.5, 0.6) is 23.0 Å². The molecule has 1 spiro atoms. The van der Waals surface area contributed by atoms with Crippen molar-refractivity contribution < 1.29 is 43.6 Å². The molecule has 0 aliphatic carbocycles. The highest BCUT2D eigenvalue weighted by Gasteiger charge is 2.53. The summed E-state index contributed by atoms with van der Waals surface area (Å²) in [6.07, 6.45) is 0.847. The first-order valence-electron chi connectivity index (χ1n) is 17.5. The number of nitrogen functional groups attached to an aromatic ring is 2. The van der Waals surface area contributed by atoms with E-state index in [0.29, 0.717) is 40.0 Å². The number of nitrogens with zero attached hydrogens (tertiary/aromatic N) is 5. The van der Waals surface area contributed by atoms with Crippen molar-refractivity contribution in [3.8, 4) is 23.0 Å². The maximum absolute atomic E-state index is 13.6. The van der Waals surface area contributed by atoms with Crippen molar-refractivity contribution >= 4 is 52.4 Å². The van der Waals surface area contributed by atoms with Gasteiger partial charge in [0.15, 0.2) is 22.6 Å². The Bertz CT molecular complexity index is 2640. The number of aliphatic carboxylic acids is 1. The number of benzene rings is 4. The minimum Gasteiger partial charge on any atom is -0.508 e. The number of carboxylic acid groups (broad SMARTS) is 1. The molecule has 4 heterocycles. The largest absolute Gasteiger partial charge is 0.508 e. The molecule has 1 unspecified atom stereocenters. The summed E-state index contributed by atoms with van der Waals surface area (Å²) in [4.78, 5) is 70.2. The molecular formula is C40H32N8O9. The molecule has 1 amide bonds. The van der Waals surface area contributed by atoms with Gasteiger partial charge in [-0.2, -0.15) is 9.97 Å². The lowest BCUT2D eigenvalue weighted by molar-refractivity contribution is -0.138. The average Bonchev–Trinajstić information content (AvgIpc) is 3.48. The summed E-state index contributed by atoms with van der Waals surface area (Å²) < 4.78 is 17.9. The number of esters is 2. The number of rotatable bonds is 10. The van der Waals surface area contributed by atoms with Crippen LogP contribution in [0.3, 0.4) is 0 Å². The maximum atomic E-state index is 13.6. The Morgan fingerprint density at radius 1 is 0.930 bits per heavy atom. The second-order valence-corrected chi connectivity index (χ2v) is 13.3. The fourth-order valence-corrected chi connectivity index (χ4v) is 6.91. The summed E-state index contributed by atoms with van der Waals surface area (Å²) in [6.45, 7) is 0.323. The highest BCUT2D eigenvalue weighted by atomic mass is 16.6. The van der Waals surface area contributed by atoms with Crippen LogP contribution in [0.4, 0.5) is 17.5 Å². The van der Waals surface area contributed by atoms with E-state index in [1.165, 1.54) is 24.3 Å². The first-order chi connectivity index (χ1) is 27.4. The highest BCUT2D eigenvalue weighted by Crippen LogP contribution is 2.57. The number of hydrogen-bond acceptors (Lipinski definition) is 15. The first kappa shape index (κ1) is 36.2.